The van der Waals surface area contributed by atoms with Crippen LogP contribution in [0.1, 0.15) is 19.4 Å². The van der Waals surface area contributed by atoms with Crippen LogP contribution in [0.25, 0.3) is 0 Å². The molecule has 1 saturated heterocycles. The SMILES string of the molecule is CN=C(NCCc1cccc(F)c1)N1CCS(=O)(=O)C(C)(C)C1. The Morgan fingerprint density at radius 1 is 1.43 bits per heavy atom. The van der Waals surface area contributed by atoms with Crippen molar-refractivity contribution in [1.82, 2.24) is 10.2 Å². The first-order valence-electron chi connectivity index (χ1n) is 7.67. The lowest BCUT2D eigenvalue weighted by molar-refractivity contribution is 0.353. The van der Waals surface area contributed by atoms with E-state index in [-0.39, 0.29) is 11.6 Å². The summed E-state index contributed by atoms with van der Waals surface area (Å²) in [6, 6.07) is 6.51. The van der Waals surface area contributed by atoms with E-state index in [0.29, 0.717) is 32.0 Å². The number of guanidine groups is 1. The zero-order valence-electron chi connectivity index (χ0n) is 13.8. The Labute approximate surface area is 137 Å². The molecule has 128 valence electrons. The normalized spacial score (nSPS) is 20.3. The van der Waals surface area contributed by atoms with Crippen molar-refractivity contribution in [2.75, 3.05) is 32.4 Å². The molecule has 0 aromatic heterocycles. The summed E-state index contributed by atoms with van der Waals surface area (Å²) in [4.78, 5) is 6.20. The molecule has 1 N–H and O–H groups in total. The highest BCUT2D eigenvalue weighted by Gasteiger charge is 2.40. The summed E-state index contributed by atoms with van der Waals surface area (Å²) in [5, 5.41) is 3.23. The molecule has 0 spiro atoms. The molecule has 0 aliphatic carbocycles. The second-order valence-corrected chi connectivity index (χ2v) is 9.10. The number of halogens is 1. The molecule has 0 atom stereocenters. The molecular weight excluding hydrogens is 317 g/mol. The molecule has 0 unspecified atom stereocenters. The number of aliphatic imine (C=N–C) groups is 1. The zero-order chi connectivity index (χ0) is 17.1. The third-order valence-electron chi connectivity index (χ3n) is 4.14. The predicted octanol–water partition coefficient (Wildman–Crippen LogP) is 1.45. The summed E-state index contributed by atoms with van der Waals surface area (Å²) in [6.07, 6.45) is 0.673. The minimum Gasteiger partial charge on any atom is -0.356 e. The van der Waals surface area contributed by atoms with Crippen LogP contribution < -0.4 is 5.32 Å². The highest BCUT2D eigenvalue weighted by atomic mass is 32.2. The van der Waals surface area contributed by atoms with Gasteiger partial charge in [0.15, 0.2) is 15.8 Å². The molecule has 2 rings (SSSR count). The highest BCUT2D eigenvalue weighted by Crippen LogP contribution is 2.23. The van der Waals surface area contributed by atoms with Crippen LogP contribution in [0.4, 0.5) is 4.39 Å². The Bertz CT molecular complexity index is 686. The smallest absolute Gasteiger partial charge is 0.193 e. The largest absolute Gasteiger partial charge is 0.356 e. The maximum atomic E-state index is 13.2. The topological polar surface area (TPSA) is 61.8 Å². The van der Waals surface area contributed by atoms with E-state index >= 15 is 0 Å². The molecule has 1 fully saturated rings. The van der Waals surface area contributed by atoms with E-state index < -0.39 is 14.6 Å². The first-order chi connectivity index (χ1) is 10.7. The summed E-state index contributed by atoms with van der Waals surface area (Å²) in [7, 11) is -1.39. The van der Waals surface area contributed by atoms with Crippen LogP contribution in [0.15, 0.2) is 29.3 Å². The van der Waals surface area contributed by atoms with Gasteiger partial charge in [-0.3, -0.25) is 4.99 Å². The fraction of sp³-hybridized carbons (Fsp3) is 0.562. The maximum Gasteiger partial charge on any atom is 0.193 e. The lowest BCUT2D eigenvalue weighted by Gasteiger charge is -2.39. The standard InChI is InChI=1S/C16H24FN3O2S/c1-16(2)12-20(9-10-23(16,21)22)15(18-3)19-8-7-13-5-4-6-14(17)11-13/h4-6,11H,7-10,12H2,1-3H3,(H,18,19). The second kappa shape index (κ2) is 6.86. The molecule has 1 aromatic rings. The number of sulfone groups is 1. The Balaban J connectivity index is 1.94. The first kappa shape index (κ1) is 17.7. The van der Waals surface area contributed by atoms with Crippen molar-refractivity contribution in [3.8, 4) is 0 Å². The van der Waals surface area contributed by atoms with Crippen LogP contribution in [0.5, 0.6) is 0 Å². The quantitative estimate of drug-likeness (QED) is 0.668. The highest BCUT2D eigenvalue weighted by molar-refractivity contribution is 7.92. The van der Waals surface area contributed by atoms with Crippen LogP contribution in [-0.4, -0.2) is 56.5 Å². The molecule has 1 heterocycles. The third kappa shape index (κ3) is 4.22. The Kier molecular flexibility index (Phi) is 5.29. The first-order valence-corrected chi connectivity index (χ1v) is 9.33. The fourth-order valence-electron chi connectivity index (χ4n) is 2.67. The Morgan fingerprint density at radius 3 is 2.78 bits per heavy atom. The van der Waals surface area contributed by atoms with E-state index in [1.165, 1.54) is 12.1 Å². The van der Waals surface area contributed by atoms with Gasteiger partial charge < -0.3 is 10.2 Å². The molecule has 1 aromatic carbocycles. The molecule has 5 nitrogen and oxygen atoms in total. The van der Waals surface area contributed by atoms with Gasteiger partial charge in [-0.1, -0.05) is 12.1 Å². The minimum absolute atomic E-state index is 0.130. The summed E-state index contributed by atoms with van der Waals surface area (Å²) in [5.74, 6) is 0.573. The van der Waals surface area contributed by atoms with E-state index in [4.69, 9.17) is 0 Å². The third-order valence-corrected chi connectivity index (χ3v) is 6.67. The second-order valence-electron chi connectivity index (χ2n) is 6.35. The predicted molar refractivity (Wildman–Crippen MR) is 90.9 cm³/mol. The fourth-order valence-corrected chi connectivity index (χ4v) is 4.03. The monoisotopic (exact) mass is 341 g/mol. The van der Waals surface area contributed by atoms with Crippen molar-refractivity contribution in [3.05, 3.63) is 35.6 Å². The molecule has 0 radical (unpaired) electrons. The molecule has 1 aliphatic heterocycles. The van der Waals surface area contributed by atoms with Gasteiger partial charge in [0.1, 0.15) is 5.82 Å². The van der Waals surface area contributed by atoms with E-state index in [1.807, 2.05) is 11.0 Å². The van der Waals surface area contributed by atoms with Gasteiger partial charge in [0.2, 0.25) is 0 Å². The Morgan fingerprint density at radius 2 is 2.17 bits per heavy atom. The maximum absolute atomic E-state index is 13.2. The molecular formula is C16H24FN3O2S. The molecule has 1 aliphatic rings. The van der Waals surface area contributed by atoms with Crippen LogP contribution in [-0.2, 0) is 16.3 Å². The minimum atomic E-state index is -3.07. The summed E-state index contributed by atoms with van der Waals surface area (Å²) in [5.41, 5.74) is 0.912. The number of hydrogen-bond donors (Lipinski definition) is 1. The van der Waals surface area contributed by atoms with E-state index in [9.17, 15) is 12.8 Å². The number of hydrogen-bond acceptors (Lipinski definition) is 3. The zero-order valence-corrected chi connectivity index (χ0v) is 14.7. The van der Waals surface area contributed by atoms with Gasteiger partial charge in [-0.05, 0) is 38.0 Å². The van der Waals surface area contributed by atoms with E-state index in [0.717, 1.165) is 5.56 Å². The molecule has 0 saturated carbocycles. The number of rotatable bonds is 3. The molecule has 0 amide bonds. The number of benzene rings is 1. The van der Waals surface area contributed by atoms with Crippen LogP contribution >= 0.6 is 0 Å². The van der Waals surface area contributed by atoms with Gasteiger partial charge >= 0.3 is 0 Å². The van der Waals surface area contributed by atoms with Gasteiger partial charge in [0.05, 0.1) is 10.5 Å². The summed E-state index contributed by atoms with van der Waals surface area (Å²) in [6.45, 7) is 4.95. The molecule has 0 bridgehead atoms. The van der Waals surface area contributed by atoms with Crippen molar-refractivity contribution in [3.63, 3.8) is 0 Å². The summed E-state index contributed by atoms with van der Waals surface area (Å²) >= 11 is 0. The summed E-state index contributed by atoms with van der Waals surface area (Å²) < 4.78 is 36.5. The Hall–Kier alpha value is -1.63. The van der Waals surface area contributed by atoms with Gasteiger partial charge in [-0.25, -0.2) is 12.8 Å². The van der Waals surface area contributed by atoms with Crippen LogP contribution in [0.3, 0.4) is 0 Å². The lowest BCUT2D eigenvalue weighted by Crippen LogP contribution is -2.57. The van der Waals surface area contributed by atoms with Crippen molar-refractivity contribution >= 4 is 15.8 Å². The molecule has 7 heteroatoms. The van der Waals surface area contributed by atoms with Crippen LogP contribution in [0.2, 0.25) is 0 Å². The lowest BCUT2D eigenvalue weighted by atomic mass is 10.1. The van der Waals surface area contributed by atoms with Crippen molar-refractivity contribution in [2.24, 2.45) is 4.99 Å². The van der Waals surface area contributed by atoms with E-state index in [1.54, 1.807) is 27.0 Å². The van der Waals surface area contributed by atoms with Crippen molar-refractivity contribution in [1.29, 1.82) is 0 Å². The van der Waals surface area contributed by atoms with Gasteiger partial charge in [-0.2, -0.15) is 0 Å². The average Bonchev–Trinajstić information content (AvgIpc) is 2.47. The van der Waals surface area contributed by atoms with Gasteiger partial charge in [-0.15, -0.1) is 0 Å². The average molecular weight is 341 g/mol. The molecule has 23 heavy (non-hydrogen) atoms. The van der Waals surface area contributed by atoms with Crippen LogP contribution in [0, 0.1) is 5.82 Å². The number of nitrogens with one attached hydrogen (secondary N) is 1. The van der Waals surface area contributed by atoms with Crippen molar-refractivity contribution in [2.45, 2.75) is 25.0 Å². The van der Waals surface area contributed by atoms with Gasteiger partial charge in [0, 0.05) is 26.7 Å². The van der Waals surface area contributed by atoms with Crippen molar-refractivity contribution < 1.29 is 12.8 Å². The number of nitrogens with zero attached hydrogens (tertiary/aromatic N) is 2. The van der Waals surface area contributed by atoms with Gasteiger partial charge in [0.25, 0.3) is 0 Å². The van der Waals surface area contributed by atoms with E-state index in [2.05, 4.69) is 10.3 Å².